The van der Waals surface area contributed by atoms with Crippen LogP contribution in [0.4, 0.5) is 9.59 Å². The molecule has 0 bridgehead atoms. The molecule has 310 valence electrons. The van der Waals surface area contributed by atoms with E-state index < -0.39 is 24.3 Å². The Balaban J connectivity index is 1.10. The van der Waals surface area contributed by atoms with Crippen molar-refractivity contribution in [3.05, 3.63) is 79.7 Å². The topological polar surface area (TPSA) is 162 Å². The maximum Gasteiger partial charge on any atom is 0.407 e. The summed E-state index contributed by atoms with van der Waals surface area (Å²) < 4.78 is 10.9. The first kappa shape index (κ1) is 41.1. The van der Waals surface area contributed by atoms with Gasteiger partial charge in [-0.15, -0.1) is 11.3 Å². The van der Waals surface area contributed by atoms with Crippen LogP contribution >= 0.6 is 11.3 Å². The number of nitrogens with zero attached hydrogens (tertiary/aromatic N) is 3. The van der Waals surface area contributed by atoms with Gasteiger partial charge in [-0.3, -0.25) is 9.59 Å². The molecule has 0 aromatic carbocycles. The van der Waals surface area contributed by atoms with Crippen molar-refractivity contribution in [3.63, 3.8) is 0 Å². The molecule has 0 saturated carbocycles. The van der Waals surface area contributed by atoms with Crippen LogP contribution in [0, 0.1) is 18.8 Å². The first-order chi connectivity index (χ1) is 27.9. The van der Waals surface area contributed by atoms with Crippen molar-refractivity contribution in [2.75, 3.05) is 27.3 Å². The molecule has 2 fully saturated rings. The number of rotatable bonds is 11. The normalized spacial score (nSPS) is 20.5. The Bertz CT molecular complexity index is 2240. The Morgan fingerprint density at radius 2 is 1.38 bits per heavy atom. The molecule has 14 heteroatoms. The molecule has 4 N–H and O–H groups in total. The standard InChI is InChI=1S/C44H57N7O6S/c1-24(2)36(48-43(54)56-6)41(52)50-19-8-10-34(50)38-26(5)22-32(46-38)30-17-16-29(39-31(30)18-21-58-39)27-12-14-28(15-13-27)33-23-45-40(47-33)35-11-9-20-51(35)42(53)37(25(3)4)49-44(55)57-7/h12,14,18,21-25,34-37,46H,8-11,13,15-17,19-20H2,1-7H3,(H,45,47)(H,48,54)(H,49,55)/t34-,35-,36-,37-/m0/s1. The monoisotopic (exact) mass is 811 g/mol. The van der Waals surface area contributed by atoms with Gasteiger partial charge >= 0.3 is 12.2 Å². The second kappa shape index (κ2) is 17.4. The number of methoxy groups -OCH3 is 2. The minimum Gasteiger partial charge on any atom is -0.453 e. The number of hydrogen-bond acceptors (Lipinski definition) is 8. The van der Waals surface area contributed by atoms with Gasteiger partial charge in [-0.2, -0.15) is 0 Å². The number of aromatic nitrogens is 3. The van der Waals surface area contributed by atoms with Crippen LogP contribution in [-0.4, -0.2) is 88.1 Å². The molecule has 0 unspecified atom stereocenters. The van der Waals surface area contributed by atoms with Crippen LogP contribution in [0.5, 0.6) is 0 Å². The number of H-pyrrole nitrogens is 2. The molecule has 0 spiro atoms. The summed E-state index contributed by atoms with van der Waals surface area (Å²) in [6.45, 7) is 11.1. The van der Waals surface area contributed by atoms with Gasteiger partial charge in [-0.05, 0) is 121 Å². The third-order valence-corrected chi connectivity index (χ3v) is 13.2. The van der Waals surface area contributed by atoms with Crippen LogP contribution in [-0.2, 0) is 19.1 Å². The van der Waals surface area contributed by atoms with Gasteiger partial charge < -0.3 is 39.9 Å². The number of ether oxygens (including phenoxy) is 2. The number of nitrogens with one attached hydrogen (secondary N) is 4. The van der Waals surface area contributed by atoms with E-state index in [0.29, 0.717) is 13.1 Å². The minimum absolute atomic E-state index is 0.0763. The fourth-order valence-corrected chi connectivity index (χ4v) is 10.2. The van der Waals surface area contributed by atoms with Crippen molar-refractivity contribution >= 4 is 52.1 Å². The molecular weight excluding hydrogens is 755 g/mol. The molecule has 2 saturated heterocycles. The van der Waals surface area contributed by atoms with Crippen molar-refractivity contribution in [1.29, 1.82) is 0 Å². The van der Waals surface area contributed by atoms with Gasteiger partial charge in [0.1, 0.15) is 17.9 Å². The highest BCUT2D eigenvalue weighted by Crippen LogP contribution is 2.38. The van der Waals surface area contributed by atoms with Gasteiger partial charge in [0.05, 0.1) is 38.2 Å². The van der Waals surface area contributed by atoms with Crippen molar-refractivity contribution in [2.24, 2.45) is 11.8 Å². The lowest BCUT2D eigenvalue weighted by atomic mass is 9.86. The SMILES string of the molecule is COC(=O)N[C@H](C(=O)N1CCC[C@H]1c1ncc(C2=CC=C(C3=c4sccc4=C(c4cc(C)c([C@@H]5CCCN5C(=O)[C@@H](NC(=O)OC)C(C)C)[nH]4)CC3)CC2)[nH]1)C(C)C. The quantitative estimate of drug-likeness (QED) is 0.181. The molecule has 3 aromatic rings. The highest BCUT2D eigenvalue weighted by atomic mass is 32.1. The molecule has 0 radical (unpaired) electrons. The Morgan fingerprint density at radius 1 is 0.793 bits per heavy atom. The van der Waals surface area contributed by atoms with E-state index in [-0.39, 0.29) is 35.7 Å². The zero-order valence-electron chi connectivity index (χ0n) is 34.7. The smallest absolute Gasteiger partial charge is 0.407 e. The summed E-state index contributed by atoms with van der Waals surface area (Å²) in [7, 11) is 2.62. The van der Waals surface area contributed by atoms with Crippen LogP contribution in [0.25, 0.3) is 16.7 Å². The van der Waals surface area contributed by atoms with Gasteiger partial charge in [0.2, 0.25) is 11.8 Å². The van der Waals surface area contributed by atoms with Crippen LogP contribution in [0.2, 0.25) is 0 Å². The van der Waals surface area contributed by atoms with E-state index in [0.717, 1.165) is 79.8 Å². The van der Waals surface area contributed by atoms with Gasteiger partial charge in [-0.1, -0.05) is 39.8 Å². The highest BCUT2D eigenvalue weighted by Gasteiger charge is 2.39. The number of aryl methyl sites for hydroxylation is 1. The molecule has 5 heterocycles. The number of thiophene rings is 1. The predicted molar refractivity (Wildman–Crippen MR) is 224 cm³/mol. The summed E-state index contributed by atoms with van der Waals surface area (Å²) in [5.74, 6) is 0.407. The Kier molecular flexibility index (Phi) is 12.3. The number of likely N-dealkylation sites (tertiary alicyclic amines) is 2. The highest BCUT2D eigenvalue weighted by molar-refractivity contribution is 7.07. The van der Waals surface area contributed by atoms with Crippen molar-refractivity contribution < 1.29 is 28.7 Å². The van der Waals surface area contributed by atoms with Crippen LogP contribution in [0.3, 0.4) is 0 Å². The molecule has 4 amide bonds. The summed E-state index contributed by atoms with van der Waals surface area (Å²) in [5, 5.41) is 8.94. The molecular formula is C44H57N7O6S. The number of allylic oxidation sites excluding steroid dienone is 4. The first-order valence-corrected chi connectivity index (χ1v) is 21.5. The summed E-state index contributed by atoms with van der Waals surface area (Å²) in [6, 6.07) is 2.89. The number of amides is 4. The predicted octanol–water partition coefficient (Wildman–Crippen LogP) is 6.14. The van der Waals surface area contributed by atoms with E-state index in [1.165, 1.54) is 46.3 Å². The minimum atomic E-state index is -0.673. The van der Waals surface area contributed by atoms with Crippen molar-refractivity contribution in [1.82, 2.24) is 35.4 Å². The van der Waals surface area contributed by atoms with E-state index in [1.807, 2.05) is 43.7 Å². The number of carbonyl (C=O) groups excluding carboxylic acids is 4. The number of imidazole rings is 1. The van der Waals surface area contributed by atoms with E-state index in [9.17, 15) is 19.2 Å². The first-order valence-electron chi connectivity index (χ1n) is 20.6. The number of fused-ring (bicyclic) bond motifs is 1. The molecule has 2 aliphatic carbocycles. The fraction of sp³-hybridized carbons (Fsp3) is 0.523. The Morgan fingerprint density at radius 3 is 1.98 bits per heavy atom. The number of hydrogen-bond donors (Lipinski definition) is 4. The maximum absolute atomic E-state index is 13.8. The number of alkyl carbamates (subject to hydrolysis) is 2. The van der Waals surface area contributed by atoms with E-state index in [2.05, 4.69) is 57.2 Å². The van der Waals surface area contributed by atoms with Gasteiger partial charge in [0.15, 0.2) is 0 Å². The largest absolute Gasteiger partial charge is 0.453 e. The van der Waals surface area contributed by atoms with E-state index >= 15 is 0 Å². The molecule has 3 aromatic heterocycles. The zero-order valence-corrected chi connectivity index (χ0v) is 35.5. The molecule has 13 nitrogen and oxygen atoms in total. The van der Waals surface area contributed by atoms with Crippen molar-refractivity contribution in [3.8, 4) is 0 Å². The lowest BCUT2D eigenvalue weighted by molar-refractivity contribution is -0.136. The van der Waals surface area contributed by atoms with E-state index in [4.69, 9.17) is 14.5 Å². The molecule has 4 atom stereocenters. The second-order valence-electron chi connectivity index (χ2n) is 16.6. The lowest BCUT2D eigenvalue weighted by Gasteiger charge is -2.30. The molecule has 2 aliphatic heterocycles. The Labute approximate surface area is 344 Å². The third kappa shape index (κ3) is 8.12. The van der Waals surface area contributed by atoms with Crippen LogP contribution < -0.4 is 20.4 Å². The fourth-order valence-electron chi connectivity index (χ4n) is 9.13. The molecule has 58 heavy (non-hydrogen) atoms. The lowest BCUT2D eigenvalue weighted by Crippen LogP contribution is -2.51. The summed E-state index contributed by atoms with van der Waals surface area (Å²) in [4.78, 5) is 67.4. The van der Waals surface area contributed by atoms with Crippen LogP contribution in [0.1, 0.15) is 120 Å². The van der Waals surface area contributed by atoms with Crippen LogP contribution in [0.15, 0.2) is 41.4 Å². The maximum atomic E-state index is 13.8. The zero-order chi connectivity index (χ0) is 41.2. The summed E-state index contributed by atoms with van der Waals surface area (Å²) in [6.07, 6.45) is 12.2. The van der Waals surface area contributed by atoms with E-state index in [1.54, 1.807) is 11.3 Å². The average molecular weight is 812 g/mol. The summed E-state index contributed by atoms with van der Waals surface area (Å²) >= 11 is 1.79. The summed E-state index contributed by atoms with van der Waals surface area (Å²) in [5.41, 5.74) is 9.54. The molecule has 4 aliphatic rings. The van der Waals surface area contributed by atoms with Crippen molar-refractivity contribution in [2.45, 2.75) is 110 Å². The average Bonchev–Trinajstić information content (AvgIpc) is 4.07. The van der Waals surface area contributed by atoms with Gasteiger partial charge in [-0.25, -0.2) is 14.6 Å². The second-order valence-corrected chi connectivity index (χ2v) is 17.5. The third-order valence-electron chi connectivity index (χ3n) is 12.3. The van der Waals surface area contributed by atoms with Gasteiger partial charge in [0, 0.05) is 29.0 Å². The Hall–Kier alpha value is -5.11. The van der Waals surface area contributed by atoms with Gasteiger partial charge in [0.25, 0.3) is 0 Å². The number of aromatic amines is 2. The molecule has 7 rings (SSSR count). The number of carbonyl (C=O) groups is 4.